The highest BCUT2D eigenvalue weighted by atomic mass is 16.3. The van der Waals surface area contributed by atoms with E-state index in [0.29, 0.717) is 0 Å². The maximum Gasteiger partial charge on any atom is 0.143 e. The second-order valence-electron chi connectivity index (χ2n) is 14.4. The third-order valence-corrected chi connectivity index (χ3v) is 11.5. The molecule has 11 rings (SSSR count). The standard InChI is InChI=1S/C49H32O/c1-49(2)42-16-7-6-12-36(42)37-25-22-32(28-43(37)49)33-23-18-30-21-27-40-35(24-19-31-20-26-39(33)45(30)46(31)40)38-14-9-17-44-47(38)41-15-8-13-34(48(41)50-44)29-10-4-3-5-11-29/h3-28H,1-2H3. The molecule has 0 amide bonds. The van der Waals surface area contributed by atoms with Crippen LogP contribution in [0.25, 0.3) is 98.8 Å². The largest absolute Gasteiger partial charge is 0.455 e. The quantitative estimate of drug-likeness (QED) is 0.176. The number of benzene rings is 9. The number of furan rings is 1. The zero-order valence-corrected chi connectivity index (χ0v) is 27.9. The highest BCUT2D eigenvalue weighted by Crippen LogP contribution is 2.51. The Bertz CT molecular complexity index is 2990. The van der Waals surface area contributed by atoms with Crippen LogP contribution in [0.5, 0.6) is 0 Å². The van der Waals surface area contributed by atoms with Gasteiger partial charge in [-0.15, -0.1) is 0 Å². The van der Waals surface area contributed by atoms with Gasteiger partial charge in [-0.05, 0) is 94.5 Å². The summed E-state index contributed by atoms with van der Waals surface area (Å²) in [5.41, 5.74) is 14.6. The van der Waals surface area contributed by atoms with E-state index in [1.807, 2.05) is 0 Å². The minimum atomic E-state index is -0.0409. The van der Waals surface area contributed by atoms with Crippen molar-refractivity contribution in [3.8, 4) is 44.5 Å². The van der Waals surface area contributed by atoms with Crippen molar-refractivity contribution in [2.24, 2.45) is 0 Å². The number of fused-ring (bicyclic) bond motifs is 6. The summed E-state index contributed by atoms with van der Waals surface area (Å²) in [5.74, 6) is 0. The van der Waals surface area contributed by atoms with Crippen molar-refractivity contribution in [1.29, 1.82) is 0 Å². The van der Waals surface area contributed by atoms with Gasteiger partial charge in [-0.25, -0.2) is 0 Å². The molecule has 1 heteroatoms. The third-order valence-electron chi connectivity index (χ3n) is 11.5. The van der Waals surface area contributed by atoms with Crippen LogP contribution in [0.15, 0.2) is 162 Å². The van der Waals surface area contributed by atoms with Crippen LogP contribution in [-0.2, 0) is 5.41 Å². The van der Waals surface area contributed by atoms with Crippen LogP contribution in [-0.4, -0.2) is 0 Å². The van der Waals surface area contributed by atoms with Gasteiger partial charge >= 0.3 is 0 Å². The lowest BCUT2D eigenvalue weighted by atomic mass is 9.81. The first kappa shape index (κ1) is 27.7. The predicted molar refractivity (Wildman–Crippen MR) is 211 cm³/mol. The molecule has 0 saturated heterocycles. The minimum absolute atomic E-state index is 0.0409. The number of hydrogen-bond acceptors (Lipinski definition) is 1. The van der Waals surface area contributed by atoms with E-state index in [2.05, 4.69) is 172 Å². The van der Waals surface area contributed by atoms with Crippen LogP contribution in [0.2, 0.25) is 0 Å². The van der Waals surface area contributed by atoms with Gasteiger partial charge in [-0.3, -0.25) is 0 Å². The third kappa shape index (κ3) is 3.67. The van der Waals surface area contributed by atoms with Crippen LogP contribution < -0.4 is 0 Å². The summed E-state index contributed by atoms with van der Waals surface area (Å²) < 4.78 is 6.66. The number of rotatable bonds is 3. The Hall–Kier alpha value is -6.18. The molecule has 0 fully saturated rings. The molecule has 0 aliphatic heterocycles. The molecule has 1 aliphatic rings. The fourth-order valence-corrected chi connectivity index (χ4v) is 9.08. The second-order valence-corrected chi connectivity index (χ2v) is 14.4. The van der Waals surface area contributed by atoms with Gasteiger partial charge in [-0.2, -0.15) is 0 Å². The second kappa shape index (κ2) is 9.94. The molecule has 10 aromatic rings. The molecular formula is C49H32O. The molecule has 0 spiro atoms. The van der Waals surface area contributed by atoms with Gasteiger partial charge in [0.25, 0.3) is 0 Å². The summed E-state index contributed by atoms with van der Waals surface area (Å²) in [5, 5.41) is 10.1. The Balaban J connectivity index is 1.14. The van der Waals surface area contributed by atoms with Gasteiger partial charge in [0.05, 0.1) is 0 Å². The van der Waals surface area contributed by atoms with Crippen molar-refractivity contribution in [2.75, 3.05) is 0 Å². The molecule has 0 N–H and O–H groups in total. The molecule has 50 heavy (non-hydrogen) atoms. The Labute approximate surface area is 290 Å². The first-order valence-electron chi connectivity index (χ1n) is 17.5. The topological polar surface area (TPSA) is 13.1 Å². The zero-order chi connectivity index (χ0) is 33.1. The van der Waals surface area contributed by atoms with Crippen molar-refractivity contribution >= 4 is 54.3 Å². The molecule has 1 aliphatic carbocycles. The highest BCUT2D eigenvalue weighted by Gasteiger charge is 2.35. The van der Waals surface area contributed by atoms with Gasteiger partial charge in [-0.1, -0.05) is 159 Å². The van der Waals surface area contributed by atoms with E-state index < -0.39 is 0 Å². The Morgan fingerprint density at radius 3 is 1.82 bits per heavy atom. The minimum Gasteiger partial charge on any atom is -0.455 e. The first-order valence-corrected chi connectivity index (χ1v) is 17.5. The lowest BCUT2D eigenvalue weighted by molar-refractivity contribution is 0.660. The average Bonchev–Trinajstić information content (AvgIpc) is 3.66. The van der Waals surface area contributed by atoms with Gasteiger partial charge in [0.15, 0.2) is 0 Å². The lowest BCUT2D eigenvalue weighted by Crippen LogP contribution is -2.14. The summed E-state index contributed by atoms with van der Waals surface area (Å²) in [4.78, 5) is 0. The molecule has 1 heterocycles. The normalized spacial score (nSPS) is 13.6. The summed E-state index contributed by atoms with van der Waals surface area (Å²) in [6, 6.07) is 58.1. The lowest BCUT2D eigenvalue weighted by Gasteiger charge is -2.22. The fraction of sp³-hybridized carbons (Fsp3) is 0.0612. The molecule has 9 aromatic carbocycles. The SMILES string of the molecule is CC1(C)c2ccccc2-c2ccc(-c3ccc4ccc5c(-c6cccc7oc8c(-c9ccccc9)cccc8c67)ccc6ccc3c4c65)cc21. The number of hydrogen-bond donors (Lipinski definition) is 0. The van der Waals surface area contributed by atoms with Crippen molar-refractivity contribution < 1.29 is 4.42 Å². The molecule has 0 radical (unpaired) electrons. The van der Waals surface area contributed by atoms with E-state index in [9.17, 15) is 0 Å². The van der Waals surface area contributed by atoms with Crippen molar-refractivity contribution in [2.45, 2.75) is 19.3 Å². The molecule has 1 aromatic heterocycles. The van der Waals surface area contributed by atoms with Crippen LogP contribution in [0.3, 0.4) is 0 Å². The average molecular weight is 637 g/mol. The van der Waals surface area contributed by atoms with Crippen LogP contribution >= 0.6 is 0 Å². The zero-order valence-electron chi connectivity index (χ0n) is 27.9. The maximum absolute atomic E-state index is 6.66. The van der Waals surface area contributed by atoms with E-state index in [0.717, 1.165) is 33.1 Å². The van der Waals surface area contributed by atoms with E-state index in [4.69, 9.17) is 4.42 Å². The molecule has 0 atom stereocenters. The molecule has 0 saturated carbocycles. The fourth-order valence-electron chi connectivity index (χ4n) is 9.08. The smallest absolute Gasteiger partial charge is 0.143 e. The van der Waals surface area contributed by atoms with Crippen molar-refractivity contribution in [1.82, 2.24) is 0 Å². The Kier molecular flexibility index (Phi) is 5.51. The Morgan fingerprint density at radius 1 is 0.380 bits per heavy atom. The van der Waals surface area contributed by atoms with Crippen LogP contribution in [0, 0.1) is 0 Å². The summed E-state index contributed by atoms with van der Waals surface area (Å²) in [6.07, 6.45) is 0. The molecule has 1 nitrogen and oxygen atoms in total. The first-order chi connectivity index (χ1) is 24.6. The molecule has 0 bridgehead atoms. The number of para-hydroxylation sites is 1. The van der Waals surface area contributed by atoms with Crippen LogP contribution in [0.1, 0.15) is 25.0 Å². The van der Waals surface area contributed by atoms with Gasteiger partial charge in [0, 0.05) is 21.8 Å². The van der Waals surface area contributed by atoms with E-state index in [1.165, 1.54) is 76.8 Å². The summed E-state index contributed by atoms with van der Waals surface area (Å²) in [6.45, 7) is 4.72. The van der Waals surface area contributed by atoms with Crippen LogP contribution in [0.4, 0.5) is 0 Å². The summed E-state index contributed by atoms with van der Waals surface area (Å²) in [7, 11) is 0. The maximum atomic E-state index is 6.66. The molecular weight excluding hydrogens is 605 g/mol. The van der Waals surface area contributed by atoms with E-state index in [-0.39, 0.29) is 5.41 Å². The molecule has 0 unspecified atom stereocenters. The highest BCUT2D eigenvalue weighted by molar-refractivity contribution is 6.29. The molecule has 234 valence electrons. The van der Waals surface area contributed by atoms with Gasteiger partial charge in [0.2, 0.25) is 0 Å². The predicted octanol–water partition coefficient (Wildman–Crippen LogP) is 13.8. The van der Waals surface area contributed by atoms with E-state index in [1.54, 1.807) is 0 Å². The van der Waals surface area contributed by atoms with Gasteiger partial charge < -0.3 is 4.42 Å². The van der Waals surface area contributed by atoms with Gasteiger partial charge in [0.1, 0.15) is 11.2 Å². The van der Waals surface area contributed by atoms with Crippen molar-refractivity contribution in [3.63, 3.8) is 0 Å². The Morgan fingerprint density at radius 2 is 1.00 bits per heavy atom. The van der Waals surface area contributed by atoms with Crippen molar-refractivity contribution in [3.05, 3.63) is 169 Å². The van der Waals surface area contributed by atoms with E-state index >= 15 is 0 Å². The monoisotopic (exact) mass is 636 g/mol. The summed E-state index contributed by atoms with van der Waals surface area (Å²) >= 11 is 0.